The molecule has 0 amide bonds. The van der Waals surface area contributed by atoms with Gasteiger partial charge in [-0.2, -0.15) is 0 Å². The fourth-order valence-corrected chi connectivity index (χ4v) is 6.43. The zero-order chi connectivity index (χ0) is 23.3. The van der Waals surface area contributed by atoms with Crippen LogP contribution in [-0.2, 0) is 19.8 Å². The Morgan fingerprint density at radius 3 is 2.70 bits per heavy atom. The molecule has 3 fully saturated rings. The quantitative estimate of drug-likeness (QED) is 0.206. The molecule has 6 heteroatoms. The van der Waals surface area contributed by atoms with Crippen LogP contribution < -0.4 is 0 Å². The summed E-state index contributed by atoms with van der Waals surface area (Å²) in [7, 11) is 1.63. The third-order valence-electron chi connectivity index (χ3n) is 7.96. The Morgan fingerprint density at radius 1 is 1.24 bits per heavy atom. The normalized spacial score (nSPS) is 30.2. The molecule has 2 bridgehead atoms. The van der Waals surface area contributed by atoms with Crippen LogP contribution in [0.4, 0.5) is 4.39 Å². The van der Waals surface area contributed by atoms with Crippen molar-refractivity contribution in [3.63, 3.8) is 0 Å². The molecule has 1 heterocycles. The van der Waals surface area contributed by atoms with Gasteiger partial charge in [-0.3, -0.25) is 4.79 Å². The van der Waals surface area contributed by atoms with Crippen molar-refractivity contribution in [2.24, 2.45) is 22.9 Å². The van der Waals surface area contributed by atoms with Gasteiger partial charge >= 0.3 is 5.97 Å². The Bertz CT molecular complexity index is 861. The highest BCUT2D eigenvalue weighted by atomic mass is 19.1. The number of hydrogen-bond donors (Lipinski definition) is 1. The van der Waals surface area contributed by atoms with Crippen LogP contribution in [0.2, 0.25) is 0 Å². The van der Waals surface area contributed by atoms with Crippen LogP contribution in [-0.4, -0.2) is 36.6 Å². The predicted molar refractivity (Wildman–Crippen MR) is 126 cm³/mol. The van der Waals surface area contributed by atoms with Crippen LogP contribution in [0.15, 0.2) is 41.6 Å². The van der Waals surface area contributed by atoms with E-state index in [-0.39, 0.29) is 35.6 Å². The standard InChI is InChI=1S/C27H36FNO4/c1-32-29-26(19-9-5-4-6-10-19)25-22(11-7-2-3-8-12-24(30)31)27(17-23(25)33-18-27)20-13-15-21(28)16-14-20/h2,7,13-16,19,22-23,25H,3-6,8-12,17-18H2,1H3,(H,30,31)/b7-2-,29-26?/t22-,23-,25-,27-/m0/s1. The van der Waals surface area contributed by atoms with E-state index in [0.717, 1.165) is 43.4 Å². The summed E-state index contributed by atoms with van der Waals surface area (Å²) in [4.78, 5) is 16.2. The molecule has 33 heavy (non-hydrogen) atoms. The van der Waals surface area contributed by atoms with Gasteiger partial charge in [-0.1, -0.05) is 48.7 Å². The first-order valence-corrected chi connectivity index (χ1v) is 12.4. The second kappa shape index (κ2) is 10.8. The lowest BCUT2D eigenvalue weighted by atomic mass is 9.66. The largest absolute Gasteiger partial charge is 0.481 e. The number of allylic oxidation sites excluding steroid dienone is 2. The van der Waals surface area contributed by atoms with Crippen LogP contribution in [0.1, 0.15) is 69.8 Å². The number of nitrogens with zero attached hydrogens (tertiary/aromatic N) is 1. The first-order valence-electron chi connectivity index (χ1n) is 12.4. The summed E-state index contributed by atoms with van der Waals surface area (Å²) >= 11 is 0. The van der Waals surface area contributed by atoms with Crippen molar-refractivity contribution >= 4 is 11.7 Å². The molecule has 1 saturated heterocycles. The third-order valence-corrected chi connectivity index (χ3v) is 7.96. The van der Waals surface area contributed by atoms with Crippen LogP contribution in [0, 0.1) is 23.6 Å². The summed E-state index contributed by atoms with van der Waals surface area (Å²) in [5.41, 5.74) is 2.12. The summed E-state index contributed by atoms with van der Waals surface area (Å²) in [5.74, 6) is -0.0847. The van der Waals surface area contributed by atoms with E-state index in [2.05, 4.69) is 17.3 Å². The van der Waals surface area contributed by atoms with Gasteiger partial charge < -0.3 is 14.7 Å². The van der Waals surface area contributed by atoms with Crippen molar-refractivity contribution in [3.8, 4) is 0 Å². The van der Waals surface area contributed by atoms with Gasteiger partial charge in [0.25, 0.3) is 0 Å². The Morgan fingerprint density at radius 2 is 2.00 bits per heavy atom. The van der Waals surface area contributed by atoms with E-state index >= 15 is 0 Å². The number of carbonyl (C=O) groups is 1. The molecule has 1 N–H and O–H groups in total. The molecule has 0 spiro atoms. The fourth-order valence-electron chi connectivity index (χ4n) is 6.43. The number of unbranched alkanes of at least 4 members (excludes halogenated alkanes) is 1. The second-order valence-electron chi connectivity index (χ2n) is 9.88. The van der Waals surface area contributed by atoms with E-state index in [4.69, 9.17) is 14.7 Å². The zero-order valence-electron chi connectivity index (χ0n) is 19.5. The van der Waals surface area contributed by atoms with E-state index < -0.39 is 5.97 Å². The molecule has 5 nitrogen and oxygen atoms in total. The average molecular weight is 458 g/mol. The van der Waals surface area contributed by atoms with E-state index in [0.29, 0.717) is 18.9 Å². The number of halogens is 1. The number of fused-ring (bicyclic) bond motifs is 2. The summed E-state index contributed by atoms with van der Waals surface area (Å²) in [6.07, 6.45) is 13.8. The highest BCUT2D eigenvalue weighted by Gasteiger charge is 2.61. The number of benzene rings is 1. The van der Waals surface area contributed by atoms with Crippen molar-refractivity contribution in [2.45, 2.75) is 75.7 Å². The lowest BCUT2D eigenvalue weighted by Crippen LogP contribution is -2.44. The summed E-state index contributed by atoms with van der Waals surface area (Å²) in [5, 5.41) is 13.5. The smallest absolute Gasteiger partial charge is 0.303 e. The van der Waals surface area contributed by atoms with Gasteiger partial charge in [0.15, 0.2) is 0 Å². The lowest BCUT2D eigenvalue weighted by molar-refractivity contribution is -0.137. The average Bonchev–Trinajstić information content (AvgIpc) is 3.38. The molecule has 3 aliphatic rings. The highest BCUT2D eigenvalue weighted by Crippen LogP contribution is 2.58. The fraction of sp³-hybridized carbons (Fsp3) is 0.630. The number of ether oxygens (including phenoxy) is 1. The number of hydrogen-bond acceptors (Lipinski definition) is 4. The van der Waals surface area contributed by atoms with E-state index in [1.165, 1.54) is 19.3 Å². The molecule has 0 aromatic heterocycles. The minimum Gasteiger partial charge on any atom is -0.481 e. The topological polar surface area (TPSA) is 68.1 Å². The van der Waals surface area contributed by atoms with Crippen LogP contribution in [0.3, 0.4) is 0 Å². The first kappa shape index (κ1) is 23.9. The maximum absolute atomic E-state index is 13.7. The van der Waals surface area contributed by atoms with E-state index in [9.17, 15) is 9.18 Å². The zero-order valence-corrected chi connectivity index (χ0v) is 19.5. The van der Waals surface area contributed by atoms with E-state index in [1.807, 2.05) is 12.1 Å². The first-order chi connectivity index (χ1) is 16.0. The molecule has 0 radical (unpaired) electrons. The Labute approximate surface area is 196 Å². The Hall–Kier alpha value is -2.21. The minimum absolute atomic E-state index is 0.0938. The molecule has 1 aromatic rings. The van der Waals surface area contributed by atoms with Crippen molar-refractivity contribution in [3.05, 3.63) is 47.8 Å². The van der Waals surface area contributed by atoms with Crippen molar-refractivity contribution in [1.29, 1.82) is 0 Å². The molecule has 180 valence electrons. The van der Waals surface area contributed by atoms with Gasteiger partial charge in [0.05, 0.1) is 18.4 Å². The molecule has 4 atom stereocenters. The molecular weight excluding hydrogens is 421 g/mol. The summed E-state index contributed by atoms with van der Waals surface area (Å²) in [6, 6.07) is 6.94. The Balaban J connectivity index is 1.61. The maximum Gasteiger partial charge on any atom is 0.303 e. The predicted octanol–water partition coefficient (Wildman–Crippen LogP) is 5.88. The van der Waals surface area contributed by atoms with Crippen LogP contribution >= 0.6 is 0 Å². The number of aliphatic carboxylic acids is 1. The minimum atomic E-state index is -0.753. The summed E-state index contributed by atoms with van der Waals surface area (Å²) in [6.45, 7) is 0.641. The Kier molecular flexibility index (Phi) is 7.84. The number of rotatable bonds is 10. The van der Waals surface area contributed by atoms with Crippen molar-refractivity contribution < 1.29 is 23.9 Å². The molecule has 2 aliphatic carbocycles. The van der Waals surface area contributed by atoms with E-state index in [1.54, 1.807) is 19.2 Å². The maximum atomic E-state index is 13.7. The molecule has 1 aromatic carbocycles. The highest BCUT2D eigenvalue weighted by molar-refractivity contribution is 5.90. The van der Waals surface area contributed by atoms with Gasteiger partial charge in [0.1, 0.15) is 12.9 Å². The van der Waals surface area contributed by atoms with Crippen molar-refractivity contribution in [1.82, 2.24) is 0 Å². The van der Waals surface area contributed by atoms with Crippen LogP contribution in [0.25, 0.3) is 0 Å². The number of carboxylic acids is 1. The molecule has 4 rings (SSSR count). The number of oxime groups is 1. The molecule has 2 saturated carbocycles. The molecule has 1 aliphatic heterocycles. The monoisotopic (exact) mass is 457 g/mol. The lowest BCUT2D eigenvalue weighted by Gasteiger charge is -2.41. The molecular formula is C27H36FNO4. The third kappa shape index (κ3) is 5.16. The van der Waals surface area contributed by atoms with Gasteiger partial charge in [0, 0.05) is 23.7 Å². The van der Waals surface area contributed by atoms with Gasteiger partial charge in [0.2, 0.25) is 0 Å². The van der Waals surface area contributed by atoms with Gasteiger partial charge in [-0.05, 0) is 62.1 Å². The van der Waals surface area contributed by atoms with Crippen LogP contribution in [0.5, 0.6) is 0 Å². The van der Waals surface area contributed by atoms with Gasteiger partial charge in [-0.25, -0.2) is 4.39 Å². The SMILES string of the molecule is CON=C(C1CCCCC1)[C@@H]1[C@@H]2C[C@@](c3ccc(F)cc3)(CO2)[C@H]1C/C=C\CCCC(=O)O. The number of carboxylic acid groups (broad SMARTS) is 1. The van der Waals surface area contributed by atoms with Crippen molar-refractivity contribution in [2.75, 3.05) is 13.7 Å². The van der Waals surface area contributed by atoms with Gasteiger partial charge in [-0.15, -0.1) is 0 Å². The summed E-state index contributed by atoms with van der Waals surface area (Å²) < 4.78 is 20.1. The second-order valence-corrected chi connectivity index (χ2v) is 9.88. The molecule has 0 unspecified atom stereocenters.